The maximum Gasteiger partial charge on any atom is 0.405 e. The van der Waals surface area contributed by atoms with E-state index in [9.17, 15) is 26.3 Å². The minimum absolute atomic E-state index is 0.0251. The molecule has 3 heterocycles. The van der Waals surface area contributed by atoms with Crippen LogP contribution >= 0.6 is 0 Å². The number of alkyl halides is 5. The maximum atomic E-state index is 14.9. The van der Waals surface area contributed by atoms with Crippen molar-refractivity contribution < 1.29 is 26.3 Å². The van der Waals surface area contributed by atoms with Crippen LogP contribution in [0, 0.1) is 23.1 Å². The Kier molecular flexibility index (Phi) is 5.03. The zero-order valence-corrected chi connectivity index (χ0v) is 17.1. The summed E-state index contributed by atoms with van der Waals surface area (Å²) in [5.74, 6) is 3.42. The molecule has 0 unspecified atom stereocenters. The monoisotopic (exact) mass is 477 g/mol. The van der Waals surface area contributed by atoms with Gasteiger partial charge in [0, 0.05) is 0 Å². The van der Waals surface area contributed by atoms with Gasteiger partial charge < -0.3 is 4.90 Å². The molecule has 1 aromatic carbocycles. The number of hydrogen-bond acceptors (Lipinski definition) is 6. The molecule has 1 aliphatic carbocycles. The SMILES string of the molecule is Fc1cccc2c1c(N(CC(F)F)c1cncc(C#CC3(C(F)(F)F)CC3)n1)nc1nncn12. The molecule has 0 amide bonds. The predicted octanol–water partition coefficient (Wildman–Crippen LogP) is 4.30. The molecular weight excluding hydrogens is 464 g/mol. The molecule has 5 rings (SSSR count). The molecule has 0 atom stereocenters. The number of halogens is 6. The molecule has 1 aliphatic rings. The van der Waals surface area contributed by atoms with Crippen molar-refractivity contribution in [3.63, 3.8) is 0 Å². The third kappa shape index (κ3) is 3.74. The van der Waals surface area contributed by atoms with E-state index in [0.29, 0.717) is 0 Å². The van der Waals surface area contributed by atoms with Crippen molar-refractivity contribution in [2.75, 3.05) is 11.4 Å². The minimum atomic E-state index is -4.49. The first-order valence-electron chi connectivity index (χ1n) is 9.94. The Balaban J connectivity index is 1.64. The molecule has 13 heteroatoms. The molecule has 0 spiro atoms. The van der Waals surface area contributed by atoms with Gasteiger partial charge in [0.1, 0.15) is 23.3 Å². The minimum Gasteiger partial charge on any atom is -0.303 e. The van der Waals surface area contributed by atoms with Crippen molar-refractivity contribution >= 4 is 28.3 Å². The van der Waals surface area contributed by atoms with Gasteiger partial charge >= 0.3 is 6.18 Å². The second kappa shape index (κ2) is 7.82. The van der Waals surface area contributed by atoms with Crippen molar-refractivity contribution in [1.29, 1.82) is 0 Å². The van der Waals surface area contributed by atoms with E-state index in [0.717, 1.165) is 23.4 Å². The van der Waals surface area contributed by atoms with E-state index in [2.05, 4.69) is 37.0 Å². The second-order valence-corrected chi connectivity index (χ2v) is 7.66. The lowest BCUT2D eigenvalue weighted by Crippen LogP contribution is -2.27. The highest BCUT2D eigenvalue weighted by atomic mass is 19.4. The van der Waals surface area contributed by atoms with Crippen LogP contribution in [0.25, 0.3) is 16.7 Å². The van der Waals surface area contributed by atoms with Gasteiger partial charge in [-0.2, -0.15) is 18.2 Å². The van der Waals surface area contributed by atoms with Gasteiger partial charge in [-0.15, -0.1) is 10.2 Å². The van der Waals surface area contributed by atoms with E-state index in [-0.39, 0.29) is 46.9 Å². The first kappa shape index (κ1) is 21.9. The van der Waals surface area contributed by atoms with E-state index in [1.807, 2.05) is 0 Å². The molecule has 174 valence electrons. The van der Waals surface area contributed by atoms with Gasteiger partial charge in [0.05, 0.1) is 29.8 Å². The Labute approximate surface area is 187 Å². The van der Waals surface area contributed by atoms with Crippen LogP contribution in [0.4, 0.5) is 38.0 Å². The fraction of sp³-hybridized carbons (Fsp3) is 0.286. The van der Waals surface area contributed by atoms with Gasteiger partial charge in [-0.05, 0) is 30.9 Å². The second-order valence-electron chi connectivity index (χ2n) is 7.66. The van der Waals surface area contributed by atoms with Crippen LogP contribution in [0.15, 0.2) is 36.9 Å². The molecule has 7 nitrogen and oxygen atoms in total. The molecule has 1 fully saturated rings. The van der Waals surface area contributed by atoms with E-state index in [4.69, 9.17) is 0 Å². The van der Waals surface area contributed by atoms with Crippen LogP contribution < -0.4 is 4.90 Å². The number of anilines is 2. The zero-order valence-electron chi connectivity index (χ0n) is 17.1. The summed E-state index contributed by atoms with van der Waals surface area (Å²) in [6.45, 7) is -0.946. The fourth-order valence-corrected chi connectivity index (χ4v) is 3.52. The van der Waals surface area contributed by atoms with E-state index in [1.54, 1.807) is 6.07 Å². The van der Waals surface area contributed by atoms with Gasteiger partial charge in [-0.25, -0.2) is 18.2 Å². The molecule has 3 aromatic heterocycles. The Morgan fingerprint density at radius 3 is 2.65 bits per heavy atom. The summed E-state index contributed by atoms with van der Waals surface area (Å²) in [6.07, 6.45) is -4.08. The smallest absolute Gasteiger partial charge is 0.303 e. The Bertz CT molecular complexity index is 1450. The molecule has 0 bridgehead atoms. The summed E-state index contributed by atoms with van der Waals surface area (Å²) in [4.78, 5) is 13.1. The summed E-state index contributed by atoms with van der Waals surface area (Å²) in [5, 5.41) is 7.45. The van der Waals surface area contributed by atoms with Crippen molar-refractivity contribution in [3.8, 4) is 11.8 Å². The molecule has 0 aliphatic heterocycles. The number of fused-ring (bicyclic) bond motifs is 3. The number of nitrogens with zero attached hydrogens (tertiary/aromatic N) is 7. The summed E-state index contributed by atoms with van der Waals surface area (Å²) < 4.78 is 82.9. The number of aromatic nitrogens is 6. The Morgan fingerprint density at radius 2 is 1.94 bits per heavy atom. The highest BCUT2D eigenvalue weighted by Crippen LogP contribution is 2.57. The first-order chi connectivity index (χ1) is 16.2. The van der Waals surface area contributed by atoms with Crippen LogP contribution in [0.1, 0.15) is 18.5 Å². The highest BCUT2D eigenvalue weighted by molar-refractivity contribution is 5.93. The third-order valence-corrected chi connectivity index (χ3v) is 5.41. The van der Waals surface area contributed by atoms with Crippen LogP contribution in [0.3, 0.4) is 0 Å². The topological polar surface area (TPSA) is 72.1 Å². The molecule has 34 heavy (non-hydrogen) atoms. The number of hydrogen-bond donors (Lipinski definition) is 0. The van der Waals surface area contributed by atoms with Crippen LogP contribution in [0.2, 0.25) is 0 Å². The lowest BCUT2D eigenvalue weighted by atomic mass is 10.1. The molecule has 4 aromatic rings. The van der Waals surface area contributed by atoms with Gasteiger partial charge in [0.15, 0.2) is 11.6 Å². The van der Waals surface area contributed by atoms with Gasteiger partial charge in [-0.3, -0.25) is 9.38 Å². The maximum absolute atomic E-state index is 14.9. The highest BCUT2D eigenvalue weighted by Gasteiger charge is 2.62. The largest absolute Gasteiger partial charge is 0.405 e. The van der Waals surface area contributed by atoms with E-state index in [1.165, 1.54) is 16.8 Å². The molecule has 1 saturated carbocycles. The van der Waals surface area contributed by atoms with Crippen molar-refractivity contribution in [2.45, 2.75) is 25.4 Å². The lowest BCUT2D eigenvalue weighted by Gasteiger charge is -2.24. The van der Waals surface area contributed by atoms with E-state index < -0.39 is 30.4 Å². The summed E-state index contributed by atoms with van der Waals surface area (Å²) in [5.41, 5.74) is -1.97. The third-order valence-electron chi connectivity index (χ3n) is 5.41. The zero-order chi connectivity index (χ0) is 24.1. The average Bonchev–Trinajstić information content (AvgIpc) is 3.45. The molecule has 0 N–H and O–H groups in total. The van der Waals surface area contributed by atoms with Gasteiger partial charge in [-0.1, -0.05) is 12.0 Å². The summed E-state index contributed by atoms with van der Waals surface area (Å²) in [7, 11) is 0. The number of benzene rings is 1. The summed E-state index contributed by atoms with van der Waals surface area (Å²) >= 11 is 0. The number of rotatable bonds is 4. The lowest BCUT2D eigenvalue weighted by molar-refractivity contribution is -0.168. The Hall–Kier alpha value is -3.95. The van der Waals surface area contributed by atoms with E-state index >= 15 is 0 Å². The van der Waals surface area contributed by atoms with Gasteiger partial charge in [0.2, 0.25) is 0 Å². The predicted molar refractivity (Wildman–Crippen MR) is 108 cm³/mol. The van der Waals surface area contributed by atoms with Crippen molar-refractivity contribution in [3.05, 3.63) is 48.4 Å². The van der Waals surface area contributed by atoms with Crippen LogP contribution in [-0.4, -0.2) is 48.7 Å². The van der Waals surface area contributed by atoms with Crippen molar-refractivity contribution in [2.24, 2.45) is 5.41 Å². The normalized spacial score (nSPS) is 14.9. The van der Waals surface area contributed by atoms with Crippen molar-refractivity contribution in [1.82, 2.24) is 29.5 Å². The molecular formula is C21H13F6N7. The first-order valence-corrected chi connectivity index (χ1v) is 9.94. The average molecular weight is 477 g/mol. The molecule has 0 radical (unpaired) electrons. The Morgan fingerprint density at radius 1 is 1.15 bits per heavy atom. The van der Waals surface area contributed by atoms with Gasteiger partial charge in [0.25, 0.3) is 12.2 Å². The standard InChI is InChI=1S/C21H13F6N7/c22-13-2-1-3-14-17(13)18(31-19-32-29-11-34(14)19)33(10-15(23)24)16-9-28-8-12(30-16)4-5-20(6-7-20)21(25,26)27/h1-3,8-9,11,15H,6-7,10H2. The quantitative estimate of drug-likeness (QED) is 0.322. The molecule has 0 saturated heterocycles. The van der Waals surface area contributed by atoms with Crippen LogP contribution in [0.5, 0.6) is 0 Å². The summed E-state index contributed by atoms with van der Waals surface area (Å²) in [6, 6.07) is 4.12. The van der Waals surface area contributed by atoms with Crippen LogP contribution in [-0.2, 0) is 0 Å². The fourth-order valence-electron chi connectivity index (χ4n) is 3.52.